The topological polar surface area (TPSA) is 64.6 Å². The average molecular weight is 534 g/mol. The fraction of sp³-hybridized carbons (Fsp3) is 0.357. The van der Waals surface area contributed by atoms with E-state index in [0.717, 1.165) is 28.1 Å². The zero-order valence-corrected chi connectivity index (χ0v) is 22.2. The first-order valence-electron chi connectivity index (χ1n) is 11.7. The lowest BCUT2D eigenvalue weighted by Gasteiger charge is -2.30. The molecule has 3 rings (SSSR count). The Labute approximate surface area is 218 Å². The van der Waals surface area contributed by atoms with E-state index in [0.29, 0.717) is 16.2 Å². The Kier molecular flexibility index (Phi) is 8.68. The molecule has 198 valence electrons. The number of aryl methyl sites for hydroxylation is 1. The van der Waals surface area contributed by atoms with Crippen molar-refractivity contribution in [3.05, 3.63) is 75.5 Å². The average Bonchev–Trinajstić information content (AvgIpc) is 3.31. The summed E-state index contributed by atoms with van der Waals surface area (Å²) in [5.74, 6) is -0.0527. The second-order valence-corrected chi connectivity index (χ2v) is 10.8. The number of alkyl halides is 3. The van der Waals surface area contributed by atoms with Gasteiger partial charge < -0.3 is 14.8 Å². The normalized spacial score (nSPS) is 12.6. The quantitative estimate of drug-likeness (QED) is 0.311. The number of methoxy groups -OCH3 is 1. The molecule has 1 aromatic heterocycles. The van der Waals surface area contributed by atoms with Crippen LogP contribution in [0.5, 0.6) is 5.75 Å². The number of halogens is 3. The third kappa shape index (κ3) is 7.35. The molecule has 0 bridgehead atoms. The van der Waals surface area contributed by atoms with Gasteiger partial charge in [0.05, 0.1) is 24.0 Å². The van der Waals surface area contributed by atoms with Gasteiger partial charge in [0, 0.05) is 16.8 Å². The van der Waals surface area contributed by atoms with Crippen molar-refractivity contribution in [2.24, 2.45) is 5.41 Å². The summed E-state index contributed by atoms with van der Waals surface area (Å²) in [5, 5.41) is 2.71. The van der Waals surface area contributed by atoms with Crippen molar-refractivity contribution in [1.29, 1.82) is 0 Å². The van der Waals surface area contributed by atoms with E-state index in [1.165, 1.54) is 30.6 Å². The zero-order valence-electron chi connectivity index (χ0n) is 21.4. The van der Waals surface area contributed by atoms with Gasteiger partial charge in [-0.15, -0.1) is 11.3 Å². The number of carbonyl (C=O) groups is 2. The molecule has 9 heteroatoms. The summed E-state index contributed by atoms with van der Waals surface area (Å²) in [4.78, 5) is 25.1. The summed E-state index contributed by atoms with van der Waals surface area (Å²) in [7, 11) is 1.30. The predicted molar refractivity (Wildman–Crippen MR) is 138 cm³/mol. The fourth-order valence-corrected chi connectivity index (χ4v) is 4.95. The number of amides is 1. The molecule has 1 atom stereocenters. The van der Waals surface area contributed by atoms with Gasteiger partial charge in [0.15, 0.2) is 0 Å². The minimum Gasteiger partial charge on any atom is -0.484 e. The highest BCUT2D eigenvalue weighted by molar-refractivity contribution is 7.14. The maximum Gasteiger partial charge on any atom is 0.416 e. The summed E-state index contributed by atoms with van der Waals surface area (Å²) < 4.78 is 49.7. The maximum atomic E-state index is 12.9. The third-order valence-corrected chi connectivity index (χ3v) is 6.84. The molecule has 0 fully saturated rings. The second-order valence-electron chi connectivity index (χ2n) is 9.70. The Morgan fingerprint density at radius 1 is 1.00 bits per heavy atom. The van der Waals surface area contributed by atoms with E-state index in [-0.39, 0.29) is 30.4 Å². The van der Waals surface area contributed by atoms with Gasteiger partial charge in [0.1, 0.15) is 11.9 Å². The summed E-state index contributed by atoms with van der Waals surface area (Å²) in [5.41, 5.74) is 1.38. The van der Waals surface area contributed by atoms with E-state index in [1.54, 1.807) is 12.1 Å². The van der Waals surface area contributed by atoms with Crippen molar-refractivity contribution >= 4 is 23.2 Å². The van der Waals surface area contributed by atoms with Crippen LogP contribution in [0.2, 0.25) is 0 Å². The van der Waals surface area contributed by atoms with E-state index in [4.69, 9.17) is 4.74 Å². The molecule has 5 nitrogen and oxygen atoms in total. The highest BCUT2D eigenvalue weighted by Gasteiger charge is 2.31. The van der Waals surface area contributed by atoms with E-state index >= 15 is 0 Å². The van der Waals surface area contributed by atoms with Gasteiger partial charge in [-0.25, -0.2) is 0 Å². The van der Waals surface area contributed by atoms with Crippen molar-refractivity contribution < 1.29 is 32.2 Å². The molecule has 0 spiro atoms. The molecule has 1 amide bonds. The summed E-state index contributed by atoms with van der Waals surface area (Å²) in [6.45, 7) is 8.18. The van der Waals surface area contributed by atoms with Crippen LogP contribution in [0.1, 0.15) is 59.0 Å². The molecule has 3 aromatic rings. The Bertz CT molecular complexity index is 1240. The van der Waals surface area contributed by atoms with Crippen LogP contribution < -0.4 is 10.1 Å². The molecule has 1 N–H and O–H groups in total. The van der Waals surface area contributed by atoms with Crippen molar-refractivity contribution in [3.63, 3.8) is 0 Å². The Balaban J connectivity index is 1.77. The molecule has 1 heterocycles. The highest BCUT2D eigenvalue weighted by Crippen LogP contribution is 2.41. The molecular formula is C28H30F3NO4S. The smallest absolute Gasteiger partial charge is 0.416 e. The standard InChI is InChI=1S/C28H30F3NO4S/c1-17-16-20(10-11-21(17)18-6-8-19(9-7-18)28(29,30)31)36-25(27(2,3)4)22-12-13-23(37-22)26(34)32-15-14-24(33)35-5/h6-13,16,25H,14-15H2,1-5H3,(H,32,34)/t25-/m0/s1. The van der Waals surface area contributed by atoms with Crippen molar-refractivity contribution in [1.82, 2.24) is 5.32 Å². The lowest BCUT2D eigenvalue weighted by molar-refractivity contribution is -0.140. The zero-order chi connectivity index (χ0) is 27.4. The van der Waals surface area contributed by atoms with Gasteiger partial charge in [-0.1, -0.05) is 39.0 Å². The first-order valence-corrected chi connectivity index (χ1v) is 12.5. The number of nitrogens with one attached hydrogen (secondary N) is 1. The maximum absolute atomic E-state index is 12.9. The number of thiophene rings is 1. The largest absolute Gasteiger partial charge is 0.484 e. The van der Waals surface area contributed by atoms with Crippen molar-refractivity contribution in [2.75, 3.05) is 13.7 Å². The predicted octanol–water partition coefficient (Wildman–Crippen LogP) is 7.20. The van der Waals surface area contributed by atoms with E-state index in [9.17, 15) is 22.8 Å². The monoisotopic (exact) mass is 533 g/mol. The van der Waals surface area contributed by atoms with Gasteiger partial charge in [0.2, 0.25) is 0 Å². The van der Waals surface area contributed by atoms with Crippen LogP contribution in [0.15, 0.2) is 54.6 Å². The van der Waals surface area contributed by atoms with Crippen LogP contribution in [0.3, 0.4) is 0 Å². The second kappa shape index (κ2) is 11.4. The minimum atomic E-state index is -4.38. The summed E-state index contributed by atoms with van der Waals surface area (Å²) >= 11 is 1.32. The molecule has 0 aliphatic carbocycles. The lowest BCUT2D eigenvalue weighted by atomic mass is 9.88. The van der Waals surface area contributed by atoms with E-state index in [2.05, 4.69) is 10.1 Å². The Morgan fingerprint density at radius 2 is 1.68 bits per heavy atom. The van der Waals surface area contributed by atoms with E-state index in [1.807, 2.05) is 45.9 Å². The molecule has 0 saturated heterocycles. The minimum absolute atomic E-state index is 0.0933. The van der Waals surface area contributed by atoms with Crippen LogP contribution in [-0.2, 0) is 15.7 Å². The number of esters is 1. The first-order chi connectivity index (χ1) is 17.3. The van der Waals surface area contributed by atoms with E-state index < -0.39 is 17.7 Å². The molecule has 0 saturated carbocycles. The van der Waals surface area contributed by atoms with Crippen LogP contribution in [0, 0.1) is 12.3 Å². The number of hydrogen-bond acceptors (Lipinski definition) is 5. The van der Waals surface area contributed by atoms with Gasteiger partial charge in [0.25, 0.3) is 5.91 Å². The Morgan fingerprint density at radius 3 is 2.24 bits per heavy atom. The number of hydrogen-bond donors (Lipinski definition) is 1. The molecule has 37 heavy (non-hydrogen) atoms. The number of ether oxygens (including phenoxy) is 2. The number of benzene rings is 2. The first kappa shape index (κ1) is 28.2. The van der Waals surface area contributed by atoms with Crippen LogP contribution in [0.25, 0.3) is 11.1 Å². The molecular weight excluding hydrogens is 503 g/mol. The van der Waals surface area contributed by atoms with Crippen LogP contribution in [0.4, 0.5) is 13.2 Å². The Hall–Kier alpha value is -3.33. The molecule has 0 aliphatic heterocycles. The van der Waals surface area contributed by atoms with Gasteiger partial charge >= 0.3 is 12.1 Å². The van der Waals surface area contributed by atoms with Crippen LogP contribution >= 0.6 is 11.3 Å². The van der Waals surface area contributed by atoms with Crippen molar-refractivity contribution in [3.8, 4) is 16.9 Å². The molecule has 0 radical (unpaired) electrons. The fourth-order valence-electron chi connectivity index (χ4n) is 3.75. The van der Waals surface area contributed by atoms with Gasteiger partial charge in [-0.2, -0.15) is 13.2 Å². The van der Waals surface area contributed by atoms with Crippen LogP contribution in [-0.4, -0.2) is 25.5 Å². The highest BCUT2D eigenvalue weighted by atomic mass is 32.1. The lowest BCUT2D eigenvalue weighted by Crippen LogP contribution is -2.25. The SMILES string of the molecule is COC(=O)CCNC(=O)c1ccc([C@H](Oc2ccc(-c3ccc(C(F)(F)F)cc3)c(C)c2)C(C)(C)C)s1. The van der Waals surface area contributed by atoms with Gasteiger partial charge in [-0.3, -0.25) is 9.59 Å². The number of carbonyl (C=O) groups excluding carboxylic acids is 2. The molecule has 2 aromatic carbocycles. The number of rotatable bonds is 8. The molecule has 0 unspecified atom stereocenters. The summed E-state index contributed by atoms with van der Waals surface area (Å²) in [6.07, 6.45) is -4.64. The third-order valence-electron chi connectivity index (χ3n) is 5.71. The van der Waals surface area contributed by atoms with Gasteiger partial charge in [-0.05, 0) is 60.0 Å². The molecule has 0 aliphatic rings. The van der Waals surface area contributed by atoms with Crippen molar-refractivity contribution in [2.45, 2.75) is 46.4 Å². The summed E-state index contributed by atoms with van der Waals surface area (Å²) in [6, 6.07) is 14.2.